The first-order chi connectivity index (χ1) is 14.1. The Balaban J connectivity index is 1.58. The molecule has 0 unspecified atom stereocenters. The number of nitrogens with one attached hydrogen (secondary N) is 2. The van der Waals surface area contributed by atoms with Gasteiger partial charge in [0.05, 0.1) is 12.8 Å². The van der Waals surface area contributed by atoms with E-state index in [-0.39, 0.29) is 0 Å². The third kappa shape index (κ3) is 5.45. The van der Waals surface area contributed by atoms with E-state index in [1.54, 1.807) is 19.2 Å². The van der Waals surface area contributed by atoms with Crippen LogP contribution in [-0.2, 0) is 6.61 Å². The first-order valence-corrected chi connectivity index (χ1v) is 10.2. The van der Waals surface area contributed by atoms with E-state index in [9.17, 15) is 4.79 Å². The second kappa shape index (κ2) is 9.88. The molecule has 3 rings (SSSR count). The minimum atomic E-state index is -0.416. The fourth-order valence-electron chi connectivity index (χ4n) is 2.74. The Morgan fingerprint density at radius 2 is 1.79 bits per heavy atom. The van der Waals surface area contributed by atoms with Crippen molar-refractivity contribution in [3.05, 3.63) is 59.1 Å². The van der Waals surface area contributed by atoms with E-state index >= 15 is 0 Å². The number of amides is 2. The summed E-state index contributed by atoms with van der Waals surface area (Å²) in [4.78, 5) is 12.2. The lowest BCUT2D eigenvalue weighted by Crippen LogP contribution is -2.19. The third-order valence-corrected chi connectivity index (χ3v) is 5.27. The normalized spacial score (nSPS) is 11.6. The van der Waals surface area contributed by atoms with Crippen molar-refractivity contribution in [2.45, 2.75) is 32.8 Å². The predicted octanol–water partition coefficient (Wildman–Crippen LogP) is 5.28. The van der Waals surface area contributed by atoms with Crippen LogP contribution in [-0.4, -0.2) is 23.3 Å². The quantitative estimate of drug-likeness (QED) is 0.525. The fourth-order valence-corrected chi connectivity index (χ4v) is 3.39. The fraction of sp³-hybridized carbons (Fsp3) is 0.286. The third-order valence-electron chi connectivity index (χ3n) is 4.46. The summed E-state index contributed by atoms with van der Waals surface area (Å²) in [5.74, 6) is 1.84. The standard InChI is InChI=1S/C21H24N4O3S/c1-4-14(2)15-9-5-7-11-17(15)28-13-19-24-25-21(29-19)23-20(26)22-16-10-6-8-12-18(16)27-3/h5-12,14H,4,13H2,1-3H3,(H2,22,23,25,26)/t14-/m0/s1. The number of methoxy groups -OCH3 is 1. The van der Waals surface area contributed by atoms with Crippen molar-refractivity contribution in [3.8, 4) is 11.5 Å². The molecule has 2 aromatic carbocycles. The van der Waals surface area contributed by atoms with Gasteiger partial charge < -0.3 is 14.8 Å². The number of hydrogen-bond donors (Lipinski definition) is 2. The van der Waals surface area contributed by atoms with Gasteiger partial charge in [-0.2, -0.15) is 0 Å². The number of carbonyl (C=O) groups excluding carboxylic acids is 1. The highest BCUT2D eigenvalue weighted by Gasteiger charge is 2.13. The highest BCUT2D eigenvalue weighted by atomic mass is 32.1. The molecule has 0 saturated carbocycles. The van der Waals surface area contributed by atoms with Crippen molar-refractivity contribution < 1.29 is 14.3 Å². The zero-order valence-electron chi connectivity index (χ0n) is 16.6. The molecule has 1 heterocycles. The van der Waals surface area contributed by atoms with Gasteiger partial charge >= 0.3 is 6.03 Å². The molecule has 0 aliphatic heterocycles. The van der Waals surface area contributed by atoms with Crippen LogP contribution in [0.25, 0.3) is 0 Å². The second-order valence-electron chi connectivity index (χ2n) is 6.42. The Morgan fingerprint density at radius 1 is 1.07 bits per heavy atom. The lowest BCUT2D eigenvalue weighted by Gasteiger charge is -2.14. The van der Waals surface area contributed by atoms with Gasteiger partial charge in [0.2, 0.25) is 5.13 Å². The van der Waals surface area contributed by atoms with Crippen molar-refractivity contribution in [3.63, 3.8) is 0 Å². The van der Waals surface area contributed by atoms with Gasteiger partial charge in [0.25, 0.3) is 0 Å². The van der Waals surface area contributed by atoms with Crippen LogP contribution in [0.2, 0.25) is 0 Å². The molecule has 3 aromatic rings. The van der Waals surface area contributed by atoms with Gasteiger partial charge in [-0.05, 0) is 36.1 Å². The number of urea groups is 1. The molecule has 8 heteroatoms. The number of benzene rings is 2. The summed E-state index contributed by atoms with van der Waals surface area (Å²) < 4.78 is 11.2. The van der Waals surface area contributed by atoms with Gasteiger partial charge in [-0.15, -0.1) is 10.2 Å². The Hall–Kier alpha value is -3.13. The molecule has 7 nitrogen and oxygen atoms in total. The van der Waals surface area contributed by atoms with E-state index in [0.29, 0.717) is 34.1 Å². The number of para-hydroxylation sites is 3. The number of aromatic nitrogens is 2. The molecule has 2 N–H and O–H groups in total. The number of carbonyl (C=O) groups is 1. The van der Waals surface area contributed by atoms with Crippen molar-refractivity contribution >= 4 is 28.2 Å². The van der Waals surface area contributed by atoms with Crippen LogP contribution in [0.15, 0.2) is 48.5 Å². The van der Waals surface area contributed by atoms with Crippen LogP contribution < -0.4 is 20.1 Å². The van der Waals surface area contributed by atoms with E-state index < -0.39 is 6.03 Å². The highest BCUT2D eigenvalue weighted by molar-refractivity contribution is 7.15. The minimum absolute atomic E-state index is 0.293. The largest absolute Gasteiger partial charge is 0.495 e. The second-order valence-corrected chi connectivity index (χ2v) is 7.48. The van der Waals surface area contributed by atoms with Gasteiger partial charge in [-0.1, -0.05) is 55.5 Å². The van der Waals surface area contributed by atoms with E-state index in [0.717, 1.165) is 12.2 Å². The summed E-state index contributed by atoms with van der Waals surface area (Å²) in [6.07, 6.45) is 1.04. The Bertz CT molecular complexity index is 960. The van der Waals surface area contributed by atoms with Crippen LogP contribution in [0, 0.1) is 0 Å². The van der Waals surface area contributed by atoms with Crippen molar-refractivity contribution in [2.24, 2.45) is 0 Å². The van der Waals surface area contributed by atoms with Crippen molar-refractivity contribution in [1.82, 2.24) is 10.2 Å². The zero-order valence-corrected chi connectivity index (χ0v) is 17.5. The van der Waals surface area contributed by atoms with Crippen LogP contribution in [0.3, 0.4) is 0 Å². The minimum Gasteiger partial charge on any atom is -0.495 e. The van der Waals surface area contributed by atoms with Gasteiger partial charge in [0.15, 0.2) is 5.01 Å². The maximum absolute atomic E-state index is 12.2. The molecule has 0 radical (unpaired) electrons. The van der Waals surface area contributed by atoms with Gasteiger partial charge in [-0.3, -0.25) is 5.32 Å². The first kappa shape index (κ1) is 20.6. The maximum atomic E-state index is 12.2. The smallest absolute Gasteiger partial charge is 0.325 e. The Kier molecular flexibility index (Phi) is 7.02. The summed E-state index contributed by atoms with van der Waals surface area (Å²) in [5, 5.41) is 14.6. The molecule has 29 heavy (non-hydrogen) atoms. The lowest BCUT2D eigenvalue weighted by atomic mass is 9.98. The van der Waals surface area contributed by atoms with Crippen LogP contribution >= 0.6 is 11.3 Å². The number of hydrogen-bond acceptors (Lipinski definition) is 6. The Labute approximate surface area is 174 Å². The maximum Gasteiger partial charge on any atom is 0.325 e. The van der Waals surface area contributed by atoms with Crippen LogP contribution in [0.4, 0.5) is 15.6 Å². The number of ether oxygens (including phenoxy) is 2. The molecular weight excluding hydrogens is 388 g/mol. The van der Waals surface area contributed by atoms with Crippen molar-refractivity contribution in [2.75, 3.05) is 17.7 Å². The average molecular weight is 413 g/mol. The number of nitrogens with zero attached hydrogens (tertiary/aromatic N) is 2. The molecule has 1 aromatic heterocycles. The molecule has 0 aliphatic rings. The van der Waals surface area contributed by atoms with Gasteiger partial charge in [0.1, 0.15) is 18.1 Å². The zero-order chi connectivity index (χ0) is 20.6. The molecule has 1 atom stereocenters. The lowest BCUT2D eigenvalue weighted by molar-refractivity contribution is 0.262. The molecule has 152 valence electrons. The van der Waals surface area contributed by atoms with E-state index in [1.165, 1.54) is 16.9 Å². The SMILES string of the molecule is CC[C@H](C)c1ccccc1OCc1nnc(NC(=O)Nc2ccccc2OC)s1. The monoisotopic (exact) mass is 412 g/mol. The number of anilines is 2. The molecule has 0 saturated heterocycles. The van der Waals surface area contributed by atoms with Crippen molar-refractivity contribution in [1.29, 1.82) is 0 Å². The topological polar surface area (TPSA) is 85.4 Å². The summed E-state index contributed by atoms with van der Waals surface area (Å²) in [6.45, 7) is 4.62. The summed E-state index contributed by atoms with van der Waals surface area (Å²) >= 11 is 1.27. The highest BCUT2D eigenvalue weighted by Crippen LogP contribution is 2.29. The molecule has 2 amide bonds. The summed E-state index contributed by atoms with van der Waals surface area (Å²) in [7, 11) is 1.55. The first-order valence-electron chi connectivity index (χ1n) is 9.35. The van der Waals surface area contributed by atoms with Gasteiger partial charge in [0, 0.05) is 0 Å². The van der Waals surface area contributed by atoms with Crippen LogP contribution in [0.5, 0.6) is 11.5 Å². The molecular formula is C21H24N4O3S. The molecule has 0 spiro atoms. The number of rotatable bonds is 8. The van der Waals surface area contributed by atoms with Gasteiger partial charge in [-0.25, -0.2) is 4.79 Å². The molecule has 0 aliphatic carbocycles. The molecule has 0 fully saturated rings. The molecule has 0 bridgehead atoms. The summed E-state index contributed by atoms with van der Waals surface area (Å²) in [5.41, 5.74) is 1.75. The van der Waals surface area contributed by atoms with E-state index in [2.05, 4.69) is 40.7 Å². The Morgan fingerprint density at radius 3 is 2.55 bits per heavy atom. The van der Waals surface area contributed by atoms with E-state index in [1.807, 2.05) is 30.3 Å². The summed E-state index contributed by atoms with van der Waals surface area (Å²) in [6, 6.07) is 14.8. The average Bonchev–Trinajstić information content (AvgIpc) is 3.19. The van der Waals surface area contributed by atoms with E-state index in [4.69, 9.17) is 9.47 Å². The van der Waals surface area contributed by atoms with Crippen LogP contribution in [0.1, 0.15) is 36.8 Å². The predicted molar refractivity (Wildman–Crippen MR) is 115 cm³/mol.